The number of amides is 1. The highest BCUT2D eigenvalue weighted by atomic mass is 16.5. The minimum Gasteiger partial charge on any atom is -0.480 e. The van der Waals surface area contributed by atoms with Crippen LogP contribution in [0.1, 0.15) is 30.4 Å². The smallest absolute Gasteiger partial charge is 0.263 e. The lowest BCUT2D eigenvalue weighted by molar-refractivity contribution is -0.138. The van der Waals surface area contributed by atoms with Crippen LogP contribution in [0.3, 0.4) is 0 Å². The molecule has 1 atom stereocenters. The van der Waals surface area contributed by atoms with Crippen molar-refractivity contribution in [3.8, 4) is 17.1 Å². The molecule has 0 spiro atoms. The van der Waals surface area contributed by atoms with Crippen LogP contribution in [0.15, 0.2) is 53.1 Å². The molecular weight excluding hydrogens is 354 g/mol. The fourth-order valence-corrected chi connectivity index (χ4v) is 2.85. The third-order valence-corrected chi connectivity index (χ3v) is 4.51. The molecule has 0 saturated heterocycles. The van der Waals surface area contributed by atoms with Crippen LogP contribution < -0.4 is 4.74 Å². The summed E-state index contributed by atoms with van der Waals surface area (Å²) in [6.07, 6.45) is -0.00245. The van der Waals surface area contributed by atoms with Crippen molar-refractivity contribution in [3.63, 3.8) is 0 Å². The number of nitrogens with zero attached hydrogens (tertiary/aromatic N) is 3. The normalized spacial score (nSPS) is 11.9. The maximum atomic E-state index is 12.9. The monoisotopic (exact) mass is 379 g/mol. The standard InChI is InChI=1S/C22H25N3O3/c1-5-18(27-19-13-15(2)11-12-16(19)3)22(26)25(4)14-20-23-21(24-28-20)17-9-7-6-8-10-17/h6-13,18H,5,14H2,1-4H3/t18-/m0/s1. The summed E-state index contributed by atoms with van der Waals surface area (Å²) in [7, 11) is 1.71. The number of ether oxygens (including phenoxy) is 1. The number of rotatable bonds is 7. The van der Waals surface area contributed by atoms with Crippen molar-refractivity contribution in [2.45, 2.75) is 39.8 Å². The molecule has 28 heavy (non-hydrogen) atoms. The Labute approximate surface area is 165 Å². The Morgan fingerprint density at radius 1 is 1.18 bits per heavy atom. The summed E-state index contributed by atoms with van der Waals surface area (Å²) in [5.41, 5.74) is 2.97. The first-order chi connectivity index (χ1) is 13.5. The third kappa shape index (κ3) is 4.57. The van der Waals surface area contributed by atoms with Gasteiger partial charge in [0.2, 0.25) is 11.7 Å². The maximum Gasteiger partial charge on any atom is 0.263 e. The summed E-state index contributed by atoms with van der Waals surface area (Å²) in [5, 5.41) is 4.00. The number of benzene rings is 2. The molecule has 0 unspecified atom stereocenters. The minimum absolute atomic E-state index is 0.122. The van der Waals surface area contributed by atoms with E-state index in [1.807, 2.05) is 69.3 Å². The molecule has 1 aromatic heterocycles. The number of carbonyl (C=O) groups excluding carboxylic acids is 1. The third-order valence-electron chi connectivity index (χ3n) is 4.51. The Bertz CT molecular complexity index is 937. The SMILES string of the molecule is CC[C@H](Oc1cc(C)ccc1C)C(=O)N(C)Cc1nc(-c2ccccc2)no1. The number of aryl methyl sites for hydroxylation is 2. The van der Waals surface area contributed by atoms with Gasteiger partial charge in [-0.25, -0.2) is 0 Å². The second kappa shape index (κ2) is 8.69. The van der Waals surface area contributed by atoms with Gasteiger partial charge in [0.05, 0.1) is 6.54 Å². The van der Waals surface area contributed by atoms with Crippen molar-refractivity contribution in [1.29, 1.82) is 0 Å². The first-order valence-corrected chi connectivity index (χ1v) is 9.34. The molecule has 0 radical (unpaired) electrons. The van der Waals surface area contributed by atoms with Gasteiger partial charge < -0.3 is 14.2 Å². The van der Waals surface area contributed by atoms with Crippen LogP contribution in [0.2, 0.25) is 0 Å². The van der Waals surface area contributed by atoms with Gasteiger partial charge in [-0.05, 0) is 37.5 Å². The summed E-state index contributed by atoms with van der Waals surface area (Å²) < 4.78 is 11.3. The zero-order valence-corrected chi connectivity index (χ0v) is 16.7. The van der Waals surface area contributed by atoms with Crippen molar-refractivity contribution in [2.75, 3.05) is 7.05 Å². The van der Waals surface area contributed by atoms with Crippen LogP contribution in [0.25, 0.3) is 11.4 Å². The summed E-state index contributed by atoms with van der Waals surface area (Å²) in [5.74, 6) is 1.51. The highest BCUT2D eigenvalue weighted by Gasteiger charge is 2.24. The summed E-state index contributed by atoms with van der Waals surface area (Å²) >= 11 is 0. The van der Waals surface area contributed by atoms with Crippen molar-refractivity contribution >= 4 is 5.91 Å². The summed E-state index contributed by atoms with van der Waals surface area (Å²) in [6.45, 7) is 6.13. The number of carbonyl (C=O) groups is 1. The van der Waals surface area contributed by atoms with Crippen LogP contribution in [0.4, 0.5) is 0 Å². The molecule has 0 fully saturated rings. The van der Waals surface area contributed by atoms with E-state index in [4.69, 9.17) is 9.26 Å². The molecule has 1 amide bonds. The van der Waals surface area contributed by atoms with Crippen molar-refractivity contribution in [1.82, 2.24) is 15.0 Å². The Morgan fingerprint density at radius 2 is 1.93 bits per heavy atom. The number of aromatic nitrogens is 2. The lowest BCUT2D eigenvalue weighted by Crippen LogP contribution is -2.39. The van der Waals surface area contributed by atoms with Gasteiger partial charge in [-0.3, -0.25) is 4.79 Å². The van der Waals surface area contributed by atoms with Gasteiger partial charge in [-0.1, -0.05) is 54.5 Å². The van der Waals surface area contributed by atoms with Gasteiger partial charge in [0.15, 0.2) is 6.10 Å². The van der Waals surface area contributed by atoms with Gasteiger partial charge in [0, 0.05) is 12.6 Å². The average Bonchev–Trinajstić information content (AvgIpc) is 3.17. The molecule has 6 heteroatoms. The number of likely N-dealkylation sites (N-methyl/N-ethyl adjacent to an activating group) is 1. The zero-order valence-electron chi connectivity index (χ0n) is 16.7. The quantitative estimate of drug-likeness (QED) is 0.616. The van der Waals surface area contributed by atoms with Crippen molar-refractivity contribution < 1.29 is 14.1 Å². The number of hydrogen-bond acceptors (Lipinski definition) is 5. The lowest BCUT2D eigenvalue weighted by atomic mass is 10.1. The molecular formula is C22H25N3O3. The minimum atomic E-state index is -0.568. The van der Waals surface area contributed by atoms with E-state index >= 15 is 0 Å². The van der Waals surface area contributed by atoms with E-state index in [0.717, 1.165) is 22.4 Å². The Balaban J connectivity index is 1.67. The highest BCUT2D eigenvalue weighted by Crippen LogP contribution is 2.22. The maximum absolute atomic E-state index is 12.9. The molecule has 2 aromatic carbocycles. The van der Waals surface area contributed by atoms with Crippen LogP contribution in [0, 0.1) is 13.8 Å². The fourth-order valence-electron chi connectivity index (χ4n) is 2.85. The van der Waals surface area contributed by atoms with Crippen LogP contribution in [0.5, 0.6) is 5.75 Å². The molecule has 0 bridgehead atoms. The average molecular weight is 379 g/mol. The first-order valence-electron chi connectivity index (χ1n) is 9.34. The molecule has 6 nitrogen and oxygen atoms in total. The van der Waals surface area contributed by atoms with E-state index in [-0.39, 0.29) is 12.5 Å². The molecule has 3 aromatic rings. The number of hydrogen-bond donors (Lipinski definition) is 0. The fraction of sp³-hybridized carbons (Fsp3) is 0.318. The molecule has 1 heterocycles. The van der Waals surface area contributed by atoms with Crippen LogP contribution in [-0.2, 0) is 11.3 Å². The molecule has 0 N–H and O–H groups in total. The van der Waals surface area contributed by atoms with Gasteiger partial charge >= 0.3 is 0 Å². The lowest BCUT2D eigenvalue weighted by Gasteiger charge is -2.23. The topological polar surface area (TPSA) is 68.5 Å². The van der Waals surface area contributed by atoms with Crippen molar-refractivity contribution in [3.05, 3.63) is 65.5 Å². The summed E-state index contributed by atoms with van der Waals surface area (Å²) in [6, 6.07) is 15.6. The molecule has 146 valence electrons. The molecule has 0 saturated carbocycles. The van der Waals surface area contributed by atoms with Crippen LogP contribution in [-0.4, -0.2) is 34.1 Å². The molecule has 0 aliphatic heterocycles. The van der Waals surface area contributed by atoms with Gasteiger partial charge in [-0.15, -0.1) is 0 Å². The first kappa shape index (κ1) is 19.6. The Kier molecular flexibility index (Phi) is 6.09. The van der Waals surface area contributed by atoms with Gasteiger partial charge in [0.25, 0.3) is 5.91 Å². The zero-order chi connectivity index (χ0) is 20.1. The van der Waals surface area contributed by atoms with E-state index in [0.29, 0.717) is 18.1 Å². The van der Waals surface area contributed by atoms with Crippen LogP contribution >= 0.6 is 0 Å². The van der Waals surface area contributed by atoms with E-state index in [2.05, 4.69) is 10.1 Å². The molecule has 0 aliphatic rings. The molecule has 3 rings (SSSR count). The Hall–Kier alpha value is -3.15. The highest BCUT2D eigenvalue weighted by molar-refractivity contribution is 5.81. The second-order valence-electron chi connectivity index (χ2n) is 6.86. The van der Waals surface area contributed by atoms with Gasteiger partial charge in [0.1, 0.15) is 5.75 Å². The predicted molar refractivity (Wildman–Crippen MR) is 107 cm³/mol. The van der Waals surface area contributed by atoms with E-state index in [9.17, 15) is 4.79 Å². The Morgan fingerprint density at radius 3 is 2.64 bits per heavy atom. The predicted octanol–water partition coefficient (Wildman–Crippen LogP) is 4.17. The van der Waals surface area contributed by atoms with E-state index in [1.54, 1.807) is 11.9 Å². The molecule has 0 aliphatic carbocycles. The van der Waals surface area contributed by atoms with E-state index < -0.39 is 6.10 Å². The largest absolute Gasteiger partial charge is 0.480 e. The summed E-state index contributed by atoms with van der Waals surface area (Å²) in [4.78, 5) is 18.8. The van der Waals surface area contributed by atoms with Gasteiger partial charge in [-0.2, -0.15) is 4.98 Å². The van der Waals surface area contributed by atoms with Crippen molar-refractivity contribution in [2.24, 2.45) is 0 Å². The second-order valence-corrected chi connectivity index (χ2v) is 6.86. The van der Waals surface area contributed by atoms with E-state index in [1.165, 1.54) is 0 Å².